The molecular formula is C16H19N3O4. The van der Waals surface area contributed by atoms with Crippen molar-refractivity contribution in [3.8, 4) is 0 Å². The Bertz CT molecular complexity index is 638. The van der Waals surface area contributed by atoms with Gasteiger partial charge >= 0.3 is 5.97 Å². The number of aromatic nitrogens is 2. The van der Waals surface area contributed by atoms with Crippen LogP contribution in [0.2, 0.25) is 0 Å². The van der Waals surface area contributed by atoms with E-state index in [0.717, 1.165) is 31.7 Å². The molecule has 0 spiro atoms. The number of carboxylic acids is 1. The summed E-state index contributed by atoms with van der Waals surface area (Å²) in [6, 6.07) is 5.78. The number of hydrogen-bond acceptors (Lipinski definition) is 6. The summed E-state index contributed by atoms with van der Waals surface area (Å²) in [4.78, 5) is 21.4. The molecule has 1 unspecified atom stereocenters. The first kappa shape index (κ1) is 15.6. The zero-order valence-corrected chi connectivity index (χ0v) is 12.7. The Morgan fingerprint density at radius 1 is 1.39 bits per heavy atom. The molecule has 0 aromatic carbocycles. The van der Waals surface area contributed by atoms with Crippen molar-refractivity contribution in [2.45, 2.75) is 32.0 Å². The zero-order chi connectivity index (χ0) is 16.1. The molecular weight excluding hydrogens is 298 g/mol. The fourth-order valence-corrected chi connectivity index (χ4v) is 2.66. The molecule has 1 N–H and O–H groups in total. The van der Waals surface area contributed by atoms with E-state index in [-0.39, 0.29) is 11.8 Å². The normalized spacial score (nSPS) is 17.7. The molecule has 2 aromatic heterocycles. The van der Waals surface area contributed by atoms with Gasteiger partial charge in [-0.25, -0.2) is 9.78 Å². The van der Waals surface area contributed by atoms with Crippen LogP contribution in [0.1, 0.15) is 34.9 Å². The third-order valence-corrected chi connectivity index (χ3v) is 3.73. The molecule has 0 amide bonds. The van der Waals surface area contributed by atoms with Gasteiger partial charge in [0.05, 0.1) is 18.3 Å². The summed E-state index contributed by atoms with van der Waals surface area (Å²) in [7, 11) is 0. The van der Waals surface area contributed by atoms with E-state index in [4.69, 9.17) is 14.3 Å². The Balaban J connectivity index is 1.69. The lowest BCUT2D eigenvalue weighted by Gasteiger charge is -2.23. The Hall–Kier alpha value is -2.25. The highest BCUT2D eigenvalue weighted by molar-refractivity contribution is 5.84. The maximum absolute atomic E-state index is 10.9. The van der Waals surface area contributed by atoms with Crippen molar-refractivity contribution in [3.63, 3.8) is 0 Å². The largest absolute Gasteiger partial charge is 0.476 e. The molecule has 2 aromatic rings. The van der Waals surface area contributed by atoms with E-state index >= 15 is 0 Å². The van der Waals surface area contributed by atoms with E-state index in [1.54, 1.807) is 6.20 Å². The minimum Gasteiger partial charge on any atom is -0.476 e. The molecule has 1 aliphatic heterocycles. The minimum absolute atomic E-state index is 0.0742. The maximum Gasteiger partial charge on any atom is 0.357 e. The molecule has 1 atom stereocenters. The van der Waals surface area contributed by atoms with Crippen LogP contribution >= 0.6 is 0 Å². The Labute approximate surface area is 133 Å². The van der Waals surface area contributed by atoms with Gasteiger partial charge in [0, 0.05) is 25.9 Å². The molecule has 23 heavy (non-hydrogen) atoms. The third kappa shape index (κ3) is 4.37. The van der Waals surface area contributed by atoms with Crippen LogP contribution < -0.4 is 0 Å². The lowest BCUT2D eigenvalue weighted by molar-refractivity contribution is 0.0642. The van der Waals surface area contributed by atoms with E-state index in [1.807, 2.05) is 18.2 Å². The number of carboxylic acid groups (broad SMARTS) is 1. The molecule has 7 nitrogen and oxygen atoms in total. The van der Waals surface area contributed by atoms with Crippen LogP contribution in [0.25, 0.3) is 0 Å². The van der Waals surface area contributed by atoms with Crippen LogP contribution in [0, 0.1) is 0 Å². The van der Waals surface area contributed by atoms with Gasteiger partial charge in [-0.1, -0.05) is 6.07 Å². The fraction of sp³-hybridized carbons (Fsp3) is 0.438. The molecule has 122 valence electrons. The summed E-state index contributed by atoms with van der Waals surface area (Å²) in [5.74, 6) is -0.702. The molecule has 7 heteroatoms. The van der Waals surface area contributed by atoms with E-state index in [1.165, 1.54) is 6.26 Å². The van der Waals surface area contributed by atoms with E-state index in [0.29, 0.717) is 19.0 Å². The molecule has 1 saturated heterocycles. The summed E-state index contributed by atoms with van der Waals surface area (Å²) in [5.41, 5.74) is 0.866. The van der Waals surface area contributed by atoms with Gasteiger partial charge in [0.15, 0.2) is 5.69 Å². The first-order chi connectivity index (χ1) is 11.2. The van der Waals surface area contributed by atoms with Crippen LogP contribution in [0.4, 0.5) is 0 Å². The summed E-state index contributed by atoms with van der Waals surface area (Å²) < 4.78 is 11.0. The number of ether oxygens (including phenoxy) is 1. The topological polar surface area (TPSA) is 88.7 Å². The monoisotopic (exact) mass is 317 g/mol. The van der Waals surface area contributed by atoms with Crippen LogP contribution in [-0.2, 0) is 17.8 Å². The summed E-state index contributed by atoms with van der Waals surface area (Å²) >= 11 is 0. The average Bonchev–Trinajstić information content (AvgIpc) is 3.20. The molecule has 3 heterocycles. The van der Waals surface area contributed by atoms with Crippen molar-refractivity contribution in [3.05, 3.63) is 47.9 Å². The molecule has 0 bridgehead atoms. The molecule has 0 saturated carbocycles. The molecule has 3 rings (SSSR count). The second kappa shape index (κ2) is 7.34. The summed E-state index contributed by atoms with van der Waals surface area (Å²) in [6.45, 7) is 2.58. The average molecular weight is 317 g/mol. The van der Waals surface area contributed by atoms with Crippen LogP contribution in [-0.4, -0.2) is 45.2 Å². The second-order valence-electron chi connectivity index (χ2n) is 5.56. The fourth-order valence-electron chi connectivity index (χ4n) is 2.66. The van der Waals surface area contributed by atoms with Crippen LogP contribution in [0.3, 0.4) is 0 Å². The van der Waals surface area contributed by atoms with Crippen LogP contribution in [0.5, 0.6) is 0 Å². The number of aromatic carboxylic acids is 1. The number of rotatable bonds is 7. The molecule has 0 radical (unpaired) electrons. The van der Waals surface area contributed by atoms with Crippen molar-refractivity contribution in [1.29, 1.82) is 0 Å². The van der Waals surface area contributed by atoms with Crippen molar-refractivity contribution >= 4 is 5.97 Å². The lowest BCUT2D eigenvalue weighted by Crippen LogP contribution is -2.31. The van der Waals surface area contributed by atoms with Gasteiger partial charge in [-0.05, 0) is 25.0 Å². The molecule has 1 fully saturated rings. The van der Waals surface area contributed by atoms with Gasteiger partial charge in [-0.2, -0.15) is 0 Å². The predicted molar refractivity (Wildman–Crippen MR) is 80.8 cm³/mol. The summed E-state index contributed by atoms with van der Waals surface area (Å²) in [6.07, 6.45) is 5.22. The maximum atomic E-state index is 10.9. The van der Waals surface area contributed by atoms with Gasteiger partial charge < -0.3 is 14.3 Å². The summed E-state index contributed by atoms with van der Waals surface area (Å²) in [5, 5.41) is 8.93. The van der Waals surface area contributed by atoms with Crippen molar-refractivity contribution in [2.24, 2.45) is 0 Å². The molecule has 0 aliphatic carbocycles. The number of oxazole rings is 1. The number of nitrogens with zero attached hydrogens (tertiary/aromatic N) is 3. The number of hydrogen-bond donors (Lipinski definition) is 1. The first-order valence-corrected chi connectivity index (χ1v) is 7.62. The Kier molecular flexibility index (Phi) is 4.99. The van der Waals surface area contributed by atoms with Crippen LogP contribution in [0.15, 0.2) is 35.1 Å². The van der Waals surface area contributed by atoms with E-state index in [9.17, 15) is 4.79 Å². The quantitative estimate of drug-likeness (QED) is 0.835. The highest BCUT2D eigenvalue weighted by Crippen LogP contribution is 2.16. The predicted octanol–water partition coefficient (Wildman–Crippen LogP) is 1.95. The van der Waals surface area contributed by atoms with Gasteiger partial charge in [0.2, 0.25) is 5.89 Å². The van der Waals surface area contributed by atoms with Gasteiger partial charge in [-0.3, -0.25) is 9.88 Å². The Morgan fingerprint density at radius 2 is 2.30 bits per heavy atom. The smallest absolute Gasteiger partial charge is 0.357 e. The van der Waals surface area contributed by atoms with E-state index in [2.05, 4.69) is 14.9 Å². The van der Waals surface area contributed by atoms with Crippen molar-refractivity contribution in [1.82, 2.24) is 14.9 Å². The SMILES string of the molecule is O=C(O)c1coc(CN(Cc2ccccn2)CC2CCCO2)n1. The first-order valence-electron chi connectivity index (χ1n) is 7.62. The van der Waals surface area contributed by atoms with Crippen molar-refractivity contribution < 1.29 is 19.1 Å². The lowest BCUT2D eigenvalue weighted by atomic mass is 10.2. The van der Waals surface area contributed by atoms with Gasteiger partial charge in [-0.15, -0.1) is 0 Å². The zero-order valence-electron chi connectivity index (χ0n) is 12.7. The second-order valence-corrected chi connectivity index (χ2v) is 5.56. The number of carbonyl (C=O) groups is 1. The third-order valence-electron chi connectivity index (χ3n) is 3.73. The Morgan fingerprint density at radius 3 is 2.96 bits per heavy atom. The van der Waals surface area contributed by atoms with E-state index < -0.39 is 5.97 Å². The standard InChI is InChI=1S/C16H19N3O4/c20-16(21)14-11-23-15(18-14)10-19(9-13-5-3-7-22-13)8-12-4-1-2-6-17-12/h1-2,4,6,11,13H,3,5,7-10H2,(H,20,21). The minimum atomic E-state index is -1.09. The van der Waals surface area contributed by atoms with Gasteiger partial charge in [0.1, 0.15) is 6.26 Å². The highest BCUT2D eigenvalue weighted by Gasteiger charge is 2.21. The van der Waals surface area contributed by atoms with Crippen molar-refractivity contribution in [2.75, 3.05) is 13.2 Å². The highest BCUT2D eigenvalue weighted by atomic mass is 16.5. The molecule has 1 aliphatic rings. The van der Waals surface area contributed by atoms with Gasteiger partial charge in [0.25, 0.3) is 0 Å². The number of pyridine rings is 1.